The first kappa shape index (κ1) is 141. The molecule has 0 aliphatic carbocycles. The molecule has 0 aliphatic heterocycles. The van der Waals surface area contributed by atoms with Crippen LogP contribution in [0.25, 0.3) is 67.8 Å². The molecule has 799 valence electrons. The Morgan fingerprint density at radius 1 is 0.322 bits per heavy atom. The average molecular weight is 2980 g/mol. The van der Waals surface area contributed by atoms with Crippen LogP contribution in [-0.2, 0) is 115 Å². The maximum atomic E-state index is 13.8. The van der Waals surface area contributed by atoms with E-state index in [9.17, 15) is 63.4 Å². The molecule has 5 radical (unpaired) electrons. The summed E-state index contributed by atoms with van der Waals surface area (Å²) >= 11 is 0. The number of aromatic nitrogens is 7. The largest absolute Gasteiger partial charge is 0.512 e. The number of aliphatic hydroxyl groups is 5. The fourth-order valence-electron chi connectivity index (χ4n) is 11.8. The molecular formula is C111H132F10Ir5N7O8Si5-5. The molecule has 5 aromatic carbocycles. The topological polar surface area (TPSA) is 243 Å². The molecule has 0 bridgehead atoms. The van der Waals surface area contributed by atoms with Crippen LogP contribution in [0.2, 0.25) is 96.7 Å². The van der Waals surface area contributed by atoms with Gasteiger partial charge < -0.3 is 50.5 Å². The number of ketones is 3. The van der Waals surface area contributed by atoms with Gasteiger partial charge in [0.15, 0.2) is 17.3 Å². The van der Waals surface area contributed by atoms with Crippen LogP contribution in [0.5, 0.6) is 0 Å². The number of carbonyl (C=O) groups is 3. The number of allylic oxidation sites excluding steroid dienone is 6. The maximum Gasteiger partial charge on any atom is 0.164 e. The van der Waals surface area contributed by atoms with Crippen molar-refractivity contribution in [2.45, 2.75) is 201 Å². The predicted molar refractivity (Wildman–Crippen MR) is 565 cm³/mol. The molecule has 5 N–H and O–H groups in total. The van der Waals surface area contributed by atoms with Crippen molar-refractivity contribution >= 4 is 95.2 Å². The number of hydrogen-bond donors (Lipinski definition) is 5. The summed E-state index contributed by atoms with van der Waals surface area (Å²) in [6, 6.07) is 56.0. The average Bonchev–Trinajstić information content (AvgIpc) is 0.832. The van der Waals surface area contributed by atoms with Crippen LogP contribution < -0.4 is 25.9 Å². The van der Waals surface area contributed by atoms with E-state index < -0.39 is 104 Å². The Bertz CT molecular complexity index is 5940. The normalized spacial score (nSPS) is 11.3. The summed E-state index contributed by atoms with van der Waals surface area (Å²) in [7, 11) is -7.23. The molecule has 35 heteroatoms. The zero-order valence-electron chi connectivity index (χ0n) is 87.4. The second kappa shape index (κ2) is 64.8. The van der Waals surface area contributed by atoms with Crippen LogP contribution in [0.15, 0.2) is 250 Å². The Labute approximate surface area is 928 Å². The third-order valence-electron chi connectivity index (χ3n) is 20.7. The molecule has 12 rings (SSSR count). The van der Waals surface area contributed by atoms with Crippen molar-refractivity contribution in [2.24, 2.45) is 16.2 Å². The van der Waals surface area contributed by atoms with Crippen molar-refractivity contribution < 1.29 is 184 Å². The van der Waals surface area contributed by atoms with Gasteiger partial charge in [-0.3, -0.25) is 68.3 Å². The zero-order valence-corrected chi connectivity index (χ0v) is 104. The Balaban J connectivity index is -0.00000157. The minimum atomic E-state index is -1.48. The maximum absolute atomic E-state index is 13.8. The number of hydrogen-bond acceptors (Lipinski definition) is 15. The van der Waals surface area contributed by atoms with Gasteiger partial charge in [-0.1, -0.05) is 322 Å². The van der Waals surface area contributed by atoms with E-state index in [0.29, 0.717) is 39.9 Å². The third-order valence-corrected chi connectivity index (χ3v) is 34.4. The molecule has 7 heterocycles. The van der Waals surface area contributed by atoms with Crippen molar-refractivity contribution in [3.05, 3.63) is 350 Å². The summed E-state index contributed by atoms with van der Waals surface area (Å²) < 4.78 is 132. The van der Waals surface area contributed by atoms with Gasteiger partial charge in [-0.25, -0.2) is 0 Å². The van der Waals surface area contributed by atoms with Gasteiger partial charge in [0.05, 0.1) is 51.9 Å². The van der Waals surface area contributed by atoms with Gasteiger partial charge in [0, 0.05) is 237 Å². The molecule has 0 atom stereocenters. The van der Waals surface area contributed by atoms with Crippen molar-refractivity contribution in [1.29, 1.82) is 0 Å². The molecule has 0 saturated heterocycles. The second-order valence-corrected chi connectivity index (χ2v) is 65.3. The van der Waals surface area contributed by atoms with E-state index in [1.165, 1.54) is 83.1 Å². The smallest absolute Gasteiger partial charge is 0.164 e. The SMILES string of the molecule is C=C(O)c1ccccn1.C=C(O)c1ccccn1.CC(=O)C=C(C)O.CC(C)(C)C(=O)C=C(O)C(C)(C)C.CC(O)=CC(=O)C(C)(C)C.CC[Si](CC)(CC)c1ccc(-c2[c-]cc(F)cc2F)nc1.C[Si](C)(C)c1ccc(-c2[c-]cc(F)cc2F)nc1.C[Si](C)(C)c1ccc(-c2[c-]cc(F)cc2F)nc1.C[Si](C)(C)c1ccnc(-c2[c-]cc(F)cc2F)c1.C[Si](C)(C)c1ccnc(-c2[c-]cc(F)cc2F)c1.[Ir].[Ir].[Ir].[Ir].[Ir]. The number of nitrogens with zero attached hydrogens (tertiary/aromatic N) is 7. The van der Waals surface area contributed by atoms with E-state index in [1.807, 2.05) is 111 Å². The monoisotopic (exact) mass is 2990 g/mol. The molecule has 7 aromatic heterocycles. The molecule has 0 unspecified atom stereocenters. The molecule has 0 saturated carbocycles. The molecule has 15 nitrogen and oxygen atoms in total. The summed E-state index contributed by atoms with van der Waals surface area (Å²) in [4.78, 5) is 61.4. The van der Waals surface area contributed by atoms with Gasteiger partial charge in [-0.2, -0.15) is 0 Å². The van der Waals surface area contributed by atoms with Crippen molar-refractivity contribution in [1.82, 2.24) is 34.9 Å². The summed E-state index contributed by atoms with van der Waals surface area (Å²) in [5.74, 6) is -6.21. The summed E-state index contributed by atoms with van der Waals surface area (Å²) in [5.41, 5.74) is 3.45. The number of benzene rings is 5. The van der Waals surface area contributed by atoms with E-state index >= 15 is 0 Å². The minimum absolute atomic E-state index is 0. The fourth-order valence-corrected chi connectivity index (χ4v) is 19.6. The number of aliphatic hydroxyl groups excluding tert-OH is 5. The first-order valence-electron chi connectivity index (χ1n) is 45.2. The first-order chi connectivity index (χ1) is 65.2. The molecule has 0 aliphatic rings. The first-order valence-corrected chi connectivity index (χ1v) is 61.8. The summed E-state index contributed by atoms with van der Waals surface area (Å²) in [5, 5.41) is 50.3. The van der Waals surface area contributed by atoms with Gasteiger partial charge in [-0.05, 0) is 101 Å². The van der Waals surface area contributed by atoms with Crippen LogP contribution in [0, 0.1) is 105 Å². The van der Waals surface area contributed by atoms with Crippen LogP contribution in [0.1, 0.15) is 115 Å². The van der Waals surface area contributed by atoms with Gasteiger partial charge in [0.2, 0.25) is 0 Å². The molecule has 0 fully saturated rings. The van der Waals surface area contributed by atoms with Crippen molar-refractivity contribution in [3.8, 4) is 56.3 Å². The Kier molecular flexibility index (Phi) is 62.4. The Morgan fingerprint density at radius 3 is 0.760 bits per heavy atom. The van der Waals surface area contributed by atoms with Crippen LogP contribution in [-0.4, -0.2) is 118 Å². The molecule has 0 amide bonds. The fraction of sp³-hybridized carbons (Fsp3) is 0.297. The van der Waals surface area contributed by atoms with Gasteiger partial charge >= 0.3 is 0 Å². The van der Waals surface area contributed by atoms with Crippen LogP contribution >= 0.6 is 0 Å². The zero-order chi connectivity index (χ0) is 107. The third kappa shape index (κ3) is 50.2. The Morgan fingerprint density at radius 2 is 0.582 bits per heavy atom. The Hall–Kier alpha value is -9.51. The van der Waals surface area contributed by atoms with E-state index in [4.69, 9.17) is 20.4 Å². The number of rotatable bonds is 18. The molecular weight excluding hydrogens is 2850 g/mol. The standard InChI is InChI=1S/C17H20F2NSi.4C14H14F2NSi.C11H20O2.C8H14O2.2C7H7NO.C5H8O2.5Ir/c1-4-21(5-2,6-3)14-8-10-17(20-12-14)15-9-7-13(18)11-16(15)19;2*1-18(2,3)11-5-7-14(17-9-11)12-6-4-10(15)8-13(12)16;2*1-18(2,3)11-6-7-17-14(9-11)12-5-4-10(15)8-13(12)16;1-10(2,3)8(12)7-9(13)11(4,5)6;1-6(9)5-7(10)8(2,3)4;2*1-6(9)7-4-2-3-5-8-7;1-4(6)3-5(2)7;;;;;/h7-8,10-12H,4-6H2,1-3H3;2*4-5,7-9H,1-3H3;2*4,6-9H,1-3H3;7,12H,1-6H3;5,9H,1-4H3;2*2-5,9H,1H2;3,6H,1-2H3;;;;;/q5*-1;;;;;;;;;;. The molecule has 146 heavy (non-hydrogen) atoms. The summed E-state index contributed by atoms with van der Waals surface area (Å²) in [6.07, 6.45) is 15.7. The molecule has 12 aromatic rings. The van der Waals surface area contributed by atoms with Gasteiger partial charge in [0.25, 0.3) is 0 Å². The van der Waals surface area contributed by atoms with E-state index in [1.54, 1.807) is 85.7 Å². The van der Waals surface area contributed by atoms with Crippen molar-refractivity contribution in [3.63, 3.8) is 0 Å². The number of pyridine rings is 7. The van der Waals surface area contributed by atoms with Crippen molar-refractivity contribution in [2.75, 3.05) is 0 Å². The van der Waals surface area contributed by atoms with Crippen LogP contribution in [0.4, 0.5) is 43.9 Å². The van der Waals surface area contributed by atoms with E-state index in [2.05, 4.69) is 184 Å². The quantitative estimate of drug-likeness (QED) is 0.0176. The minimum Gasteiger partial charge on any atom is -0.512 e. The predicted octanol–water partition coefficient (Wildman–Crippen LogP) is 27.4. The number of halogens is 10. The van der Waals surface area contributed by atoms with E-state index in [-0.39, 0.29) is 185 Å². The van der Waals surface area contributed by atoms with Gasteiger partial charge in [-0.15, -0.1) is 60.7 Å². The second-order valence-electron chi connectivity index (χ2n) is 39.7. The summed E-state index contributed by atoms with van der Waals surface area (Å²) in [6.45, 7) is 60.8. The van der Waals surface area contributed by atoms with E-state index in [0.717, 1.165) is 60.7 Å². The molecule has 0 spiro atoms. The van der Waals surface area contributed by atoms with Crippen LogP contribution in [0.3, 0.4) is 0 Å². The van der Waals surface area contributed by atoms with Gasteiger partial charge in [0.1, 0.15) is 28.7 Å². The number of carbonyl (C=O) groups excluding carboxylic acids is 3.